The second kappa shape index (κ2) is 12.5. The van der Waals surface area contributed by atoms with Crippen molar-refractivity contribution in [2.75, 3.05) is 65.7 Å². The van der Waals surface area contributed by atoms with Gasteiger partial charge in [-0.25, -0.2) is 0 Å². The van der Waals surface area contributed by atoms with E-state index >= 15 is 0 Å². The summed E-state index contributed by atoms with van der Waals surface area (Å²) < 4.78 is 16.2. The molecule has 8 heteroatoms. The molecule has 2 fully saturated rings. The smallest absolute Gasteiger partial charge is 0.191 e. The van der Waals surface area contributed by atoms with E-state index in [1.165, 1.54) is 0 Å². The maximum absolute atomic E-state index is 5.44. The Morgan fingerprint density at radius 3 is 2.73 bits per heavy atom. The molecule has 0 aromatic carbocycles. The Kier molecular flexibility index (Phi) is 10.3. The highest BCUT2D eigenvalue weighted by atomic mass is 127. The molecule has 2 N–H and O–H groups in total. The van der Waals surface area contributed by atoms with Gasteiger partial charge in [-0.05, 0) is 18.6 Å². The van der Waals surface area contributed by atoms with Crippen molar-refractivity contribution in [1.82, 2.24) is 15.5 Å². The summed E-state index contributed by atoms with van der Waals surface area (Å²) in [4.78, 5) is 7.17. The molecule has 0 bridgehead atoms. The number of guanidine groups is 1. The molecule has 2 aliphatic heterocycles. The van der Waals surface area contributed by atoms with E-state index in [2.05, 4.69) is 15.5 Å². The average Bonchev–Trinajstić information content (AvgIpc) is 3.34. The Hall–Kier alpha value is -0.840. The van der Waals surface area contributed by atoms with E-state index < -0.39 is 0 Å². The summed E-state index contributed by atoms with van der Waals surface area (Å²) in [6.07, 6.45) is 3.67. The van der Waals surface area contributed by atoms with E-state index in [1.54, 1.807) is 6.26 Å². The number of hydrogen-bond donors (Lipinski definition) is 2. The molecule has 2 aliphatic rings. The van der Waals surface area contributed by atoms with Crippen LogP contribution in [0.5, 0.6) is 0 Å². The number of rotatable bonds is 8. The fourth-order valence-corrected chi connectivity index (χ4v) is 3.04. The van der Waals surface area contributed by atoms with Crippen LogP contribution in [0.25, 0.3) is 0 Å². The monoisotopic (exact) mass is 478 g/mol. The SMILES string of the molecule is I.c1coc(CCNC(=NCC2CCOC2)NCCN2CCOCC2)c1. The third-order valence-electron chi connectivity index (χ3n) is 4.60. The normalized spacial score (nSPS) is 21.4. The topological polar surface area (TPSA) is 71.3 Å². The predicted octanol–water partition coefficient (Wildman–Crippen LogP) is 1.34. The van der Waals surface area contributed by atoms with Gasteiger partial charge < -0.3 is 24.5 Å². The van der Waals surface area contributed by atoms with E-state index in [9.17, 15) is 0 Å². The number of hydrogen-bond acceptors (Lipinski definition) is 5. The molecule has 0 saturated carbocycles. The minimum absolute atomic E-state index is 0. The number of nitrogens with zero attached hydrogens (tertiary/aromatic N) is 2. The fourth-order valence-electron chi connectivity index (χ4n) is 3.04. The van der Waals surface area contributed by atoms with Crippen LogP contribution in [0.4, 0.5) is 0 Å². The molecule has 0 amide bonds. The van der Waals surface area contributed by atoms with Crippen molar-refractivity contribution in [3.05, 3.63) is 24.2 Å². The first-order valence-electron chi connectivity index (χ1n) is 9.32. The molecule has 26 heavy (non-hydrogen) atoms. The second-order valence-corrected chi connectivity index (χ2v) is 6.56. The van der Waals surface area contributed by atoms with Gasteiger partial charge in [0.15, 0.2) is 5.96 Å². The number of nitrogens with one attached hydrogen (secondary N) is 2. The minimum Gasteiger partial charge on any atom is -0.469 e. The second-order valence-electron chi connectivity index (χ2n) is 6.56. The van der Waals surface area contributed by atoms with E-state index in [0.717, 1.165) is 90.3 Å². The van der Waals surface area contributed by atoms with E-state index in [4.69, 9.17) is 18.9 Å². The zero-order valence-corrected chi connectivity index (χ0v) is 17.7. The van der Waals surface area contributed by atoms with Crippen molar-refractivity contribution in [1.29, 1.82) is 0 Å². The largest absolute Gasteiger partial charge is 0.469 e. The predicted molar refractivity (Wildman–Crippen MR) is 112 cm³/mol. The average molecular weight is 478 g/mol. The van der Waals surface area contributed by atoms with E-state index in [1.807, 2.05) is 12.1 Å². The van der Waals surface area contributed by atoms with Crippen LogP contribution in [-0.4, -0.2) is 76.6 Å². The first-order chi connectivity index (χ1) is 12.4. The highest BCUT2D eigenvalue weighted by Crippen LogP contribution is 2.12. The van der Waals surface area contributed by atoms with Crippen molar-refractivity contribution in [2.45, 2.75) is 12.8 Å². The summed E-state index contributed by atoms with van der Waals surface area (Å²) in [6, 6.07) is 3.92. The standard InChI is InChI=1S/C18H30N4O3.HI/c1-2-17(25-10-1)3-5-19-18(21-14-16-4-11-24-15-16)20-6-7-22-8-12-23-13-9-22;/h1-2,10,16H,3-9,11-15H2,(H2,19,20,21);1H. The van der Waals surface area contributed by atoms with Gasteiger partial charge >= 0.3 is 0 Å². The molecule has 1 aromatic heterocycles. The summed E-state index contributed by atoms with van der Waals surface area (Å²) in [5.41, 5.74) is 0. The third-order valence-corrected chi connectivity index (χ3v) is 4.60. The number of furan rings is 1. The van der Waals surface area contributed by atoms with Gasteiger partial charge in [0.1, 0.15) is 5.76 Å². The van der Waals surface area contributed by atoms with Crippen molar-refractivity contribution < 1.29 is 13.9 Å². The Morgan fingerprint density at radius 2 is 2.00 bits per heavy atom. The first-order valence-corrected chi connectivity index (χ1v) is 9.32. The lowest BCUT2D eigenvalue weighted by Gasteiger charge is -2.26. The van der Waals surface area contributed by atoms with Gasteiger partial charge in [-0.3, -0.25) is 9.89 Å². The van der Waals surface area contributed by atoms with Gasteiger partial charge in [0.25, 0.3) is 0 Å². The molecule has 1 aromatic rings. The van der Waals surface area contributed by atoms with Crippen LogP contribution >= 0.6 is 24.0 Å². The molecular formula is C18H31IN4O3. The van der Waals surface area contributed by atoms with Crippen molar-refractivity contribution >= 4 is 29.9 Å². The fraction of sp³-hybridized carbons (Fsp3) is 0.722. The van der Waals surface area contributed by atoms with Gasteiger partial charge in [-0.2, -0.15) is 0 Å². The van der Waals surface area contributed by atoms with Gasteiger partial charge in [0.2, 0.25) is 0 Å². The third kappa shape index (κ3) is 7.81. The van der Waals surface area contributed by atoms with Gasteiger partial charge in [0, 0.05) is 58.2 Å². The van der Waals surface area contributed by atoms with Crippen LogP contribution < -0.4 is 10.6 Å². The Morgan fingerprint density at radius 1 is 1.15 bits per heavy atom. The zero-order chi connectivity index (χ0) is 17.2. The highest BCUT2D eigenvalue weighted by Gasteiger charge is 2.15. The minimum atomic E-state index is 0. The lowest BCUT2D eigenvalue weighted by Crippen LogP contribution is -2.45. The van der Waals surface area contributed by atoms with E-state index in [-0.39, 0.29) is 24.0 Å². The summed E-state index contributed by atoms with van der Waals surface area (Å²) in [5, 5.41) is 6.87. The van der Waals surface area contributed by atoms with Crippen LogP contribution in [-0.2, 0) is 15.9 Å². The van der Waals surface area contributed by atoms with Crippen molar-refractivity contribution in [3.8, 4) is 0 Å². The van der Waals surface area contributed by atoms with Crippen LogP contribution in [0.2, 0.25) is 0 Å². The molecule has 148 valence electrons. The number of morpholine rings is 1. The lowest BCUT2D eigenvalue weighted by molar-refractivity contribution is 0.0389. The zero-order valence-electron chi connectivity index (χ0n) is 15.3. The molecule has 1 unspecified atom stereocenters. The maximum Gasteiger partial charge on any atom is 0.191 e. The number of aliphatic imine (C=N–C) groups is 1. The molecule has 1 atom stereocenters. The summed E-state index contributed by atoms with van der Waals surface area (Å²) in [6.45, 7) is 8.91. The van der Waals surface area contributed by atoms with Gasteiger partial charge in [-0.15, -0.1) is 24.0 Å². The highest BCUT2D eigenvalue weighted by molar-refractivity contribution is 14.0. The molecule has 0 aliphatic carbocycles. The van der Waals surface area contributed by atoms with Crippen LogP contribution in [0.3, 0.4) is 0 Å². The van der Waals surface area contributed by atoms with Crippen molar-refractivity contribution in [3.63, 3.8) is 0 Å². The molecule has 2 saturated heterocycles. The van der Waals surface area contributed by atoms with E-state index in [0.29, 0.717) is 5.92 Å². The Balaban J connectivity index is 0.00000243. The lowest BCUT2D eigenvalue weighted by atomic mass is 10.1. The quantitative estimate of drug-likeness (QED) is 0.334. The Bertz CT molecular complexity index is 501. The number of ether oxygens (including phenoxy) is 2. The maximum atomic E-state index is 5.44. The Labute approximate surface area is 172 Å². The van der Waals surface area contributed by atoms with Crippen LogP contribution in [0, 0.1) is 5.92 Å². The molecule has 7 nitrogen and oxygen atoms in total. The van der Waals surface area contributed by atoms with Crippen molar-refractivity contribution in [2.24, 2.45) is 10.9 Å². The molecular weight excluding hydrogens is 447 g/mol. The summed E-state index contributed by atoms with van der Waals surface area (Å²) in [7, 11) is 0. The molecule has 3 rings (SSSR count). The molecule has 3 heterocycles. The number of halogens is 1. The molecule has 0 spiro atoms. The summed E-state index contributed by atoms with van der Waals surface area (Å²) in [5.74, 6) is 2.42. The summed E-state index contributed by atoms with van der Waals surface area (Å²) >= 11 is 0. The van der Waals surface area contributed by atoms with Gasteiger partial charge in [0.05, 0.1) is 26.1 Å². The van der Waals surface area contributed by atoms with Gasteiger partial charge in [-0.1, -0.05) is 0 Å². The van der Waals surface area contributed by atoms with Crippen LogP contribution in [0.1, 0.15) is 12.2 Å². The molecule has 0 radical (unpaired) electrons. The van der Waals surface area contributed by atoms with Crippen LogP contribution in [0.15, 0.2) is 27.8 Å². The first kappa shape index (κ1) is 21.5.